The van der Waals surface area contributed by atoms with Crippen LogP contribution in [0, 0.1) is 6.92 Å². The van der Waals surface area contributed by atoms with Crippen LogP contribution in [-0.2, 0) is 22.6 Å². The molecule has 0 bridgehead atoms. The summed E-state index contributed by atoms with van der Waals surface area (Å²) in [6.45, 7) is 3.80. The highest BCUT2D eigenvalue weighted by atomic mass is 32.1. The predicted octanol–water partition coefficient (Wildman–Crippen LogP) is 3.90. The molecule has 7 heteroatoms. The first-order valence-corrected chi connectivity index (χ1v) is 11.6. The Kier molecular flexibility index (Phi) is 6.67. The van der Waals surface area contributed by atoms with Crippen LogP contribution in [0.15, 0.2) is 60.0 Å². The van der Waals surface area contributed by atoms with Gasteiger partial charge in [-0.3, -0.25) is 9.69 Å². The van der Waals surface area contributed by atoms with Gasteiger partial charge in [-0.25, -0.2) is 9.78 Å². The Labute approximate surface area is 191 Å². The molecule has 1 saturated heterocycles. The molecule has 1 aromatic heterocycles. The van der Waals surface area contributed by atoms with Crippen LogP contribution < -0.4 is 5.32 Å². The number of carboxylic acid groups (broad SMARTS) is 1. The van der Waals surface area contributed by atoms with Gasteiger partial charge in [0.15, 0.2) is 5.54 Å². The average molecular weight is 450 g/mol. The number of thiazole rings is 1. The predicted molar refractivity (Wildman–Crippen MR) is 125 cm³/mol. The molecule has 2 heterocycles. The summed E-state index contributed by atoms with van der Waals surface area (Å²) in [6.07, 6.45) is 1.20. The Bertz CT molecular complexity index is 1080. The topological polar surface area (TPSA) is 82.5 Å². The van der Waals surface area contributed by atoms with E-state index in [1.54, 1.807) is 0 Å². The van der Waals surface area contributed by atoms with Crippen LogP contribution in [-0.4, -0.2) is 45.5 Å². The number of carboxylic acids is 1. The highest BCUT2D eigenvalue weighted by Gasteiger charge is 2.43. The van der Waals surface area contributed by atoms with Crippen LogP contribution in [0.3, 0.4) is 0 Å². The van der Waals surface area contributed by atoms with Crippen LogP contribution in [0.1, 0.15) is 29.7 Å². The number of nitrogens with zero attached hydrogens (tertiary/aromatic N) is 2. The quantitative estimate of drug-likeness (QED) is 0.572. The molecule has 2 N–H and O–H groups in total. The normalized spacial score (nSPS) is 18.9. The minimum atomic E-state index is -1.28. The third-order valence-corrected chi connectivity index (χ3v) is 6.74. The highest BCUT2D eigenvalue weighted by Crippen LogP contribution is 2.26. The maximum Gasteiger partial charge on any atom is 0.330 e. The molecule has 1 aliphatic rings. The fourth-order valence-electron chi connectivity index (χ4n) is 4.14. The van der Waals surface area contributed by atoms with Crippen molar-refractivity contribution in [3.63, 3.8) is 0 Å². The largest absolute Gasteiger partial charge is 0.479 e. The highest BCUT2D eigenvalue weighted by molar-refractivity contribution is 7.13. The standard InChI is InChI=1S/C25H27N3O3S/c1-18-8-10-20(11-9-18)23-26-21(16-32-23)14-22(29)27-25(24(30)31)12-5-13-28(17-25)15-19-6-3-2-4-7-19/h2-4,6-11,16H,5,12-15,17H2,1H3,(H,27,29)(H,30,31). The van der Waals surface area contributed by atoms with Crippen LogP contribution in [0.25, 0.3) is 10.6 Å². The SMILES string of the molecule is Cc1ccc(-c2nc(CC(=O)NC3(C(=O)O)CCCN(Cc4ccccc4)C3)cs2)cc1. The summed E-state index contributed by atoms with van der Waals surface area (Å²) in [7, 11) is 0. The van der Waals surface area contributed by atoms with Crippen LogP contribution in [0.5, 0.6) is 0 Å². The summed E-state index contributed by atoms with van der Waals surface area (Å²) < 4.78 is 0. The molecule has 4 rings (SSSR count). The minimum absolute atomic E-state index is 0.0656. The third-order valence-electron chi connectivity index (χ3n) is 5.80. The summed E-state index contributed by atoms with van der Waals surface area (Å²) in [6, 6.07) is 18.1. The molecule has 0 saturated carbocycles. The number of aromatic nitrogens is 1. The number of hydrogen-bond donors (Lipinski definition) is 2. The fraction of sp³-hybridized carbons (Fsp3) is 0.320. The van der Waals surface area contributed by atoms with Crippen molar-refractivity contribution in [1.82, 2.24) is 15.2 Å². The Hall–Kier alpha value is -3.03. The van der Waals surface area contributed by atoms with Gasteiger partial charge in [-0.05, 0) is 31.9 Å². The van der Waals surface area contributed by atoms with Crippen molar-refractivity contribution < 1.29 is 14.7 Å². The molecule has 1 atom stereocenters. The first kappa shape index (κ1) is 22.2. The molecule has 1 aliphatic heterocycles. The molecule has 1 unspecified atom stereocenters. The molecule has 0 aliphatic carbocycles. The number of aliphatic carboxylic acids is 1. The lowest BCUT2D eigenvalue weighted by Gasteiger charge is -2.40. The molecule has 3 aromatic rings. The van der Waals surface area contributed by atoms with Crippen molar-refractivity contribution >= 4 is 23.2 Å². The van der Waals surface area contributed by atoms with Crippen LogP contribution in [0.2, 0.25) is 0 Å². The lowest BCUT2D eigenvalue weighted by Crippen LogP contribution is -2.63. The summed E-state index contributed by atoms with van der Waals surface area (Å²) in [5.74, 6) is -1.29. The third kappa shape index (κ3) is 5.23. The lowest BCUT2D eigenvalue weighted by atomic mass is 9.88. The zero-order valence-electron chi connectivity index (χ0n) is 18.1. The van der Waals surface area contributed by atoms with Gasteiger partial charge in [-0.2, -0.15) is 0 Å². The number of carbonyl (C=O) groups is 2. The number of rotatable bonds is 7. The number of nitrogens with one attached hydrogen (secondary N) is 1. The van der Waals surface area contributed by atoms with Crippen molar-refractivity contribution in [1.29, 1.82) is 0 Å². The summed E-state index contributed by atoms with van der Waals surface area (Å²) in [5.41, 5.74) is 2.70. The van der Waals surface area contributed by atoms with Crippen LogP contribution >= 0.6 is 11.3 Å². The lowest BCUT2D eigenvalue weighted by molar-refractivity contribution is -0.150. The van der Waals surface area contributed by atoms with E-state index in [0.717, 1.165) is 22.7 Å². The molecule has 166 valence electrons. The second kappa shape index (κ2) is 9.63. The van der Waals surface area contributed by atoms with Crippen molar-refractivity contribution in [3.05, 3.63) is 76.8 Å². The summed E-state index contributed by atoms with van der Waals surface area (Å²) in [4.78, 5) is 31.7. The maximum absolute atomic E-state index is 12.8. The number of piperidine rings is 1. The van der Waals surface area contributed by atoms with Crippen LogP contribution in [0.4, 0.5) is 0 Å². The molecule has 0 spiro atoms. The molecule has 0 radical (unpaired) electrons. The van der Waals surface area contributed by atoms with Gasteiger partial charge >= 0.3 is 5.97 Å². The fourth-order valence-corrected chi connectivity index (χ4v) is 4.97. The van der Waals surface area contributed by atoms with Gasteiger partial charge in [-0.15, -0.1) is 11.3 Å². The number of hydrogen-bond acceptors (Lipinski definition) is 5. The smallest absolute Gasteiger partial charge is 0.330 e. The number of aryl methyl sites for hydroxylation is 1. The molecule has 32 heavy (non-hydrogen) atoms. The number of benzene rings is 2. The summed E-state index contributed by atoms with van der Waals surface area (Å²) >= 11 is 1.49. The van der Waals surface area contributed by atoms with Gasteiger partial charge in [0.1, 0.15) is 5.01 Å². The molecule has 2 aromatic carbocycles. The molecular weight excluding hydrogens is 422 g/mol. The Morgan fingerprint density at radius 2 is 1.91 bits per heavy atom. The molecule has 1 fully saturated rings. The van der Waals surface area contributed by atoms with E-state index in [4.69, 9.17) is 0 Å². The number of carbonyl (C=O) groups excluding carboxylic acids is 1. The first-order chi connectivity index (χ1) is 15.4. The monoisotopic (exact) mass is 449 g/mol. The Balaban J connectivity index is 1.42. The average Bonchev–Trinajstić information content (AvgIpc) is 3.23. The number of likely N-dealkylation sites (tertiary alicyclic amines) is 1. The minimum Gasteiger partial charge on any atom is -0.479 e. The van der Waals surface area contributed by atoms with Gasteiger partial charge in [-0.1, -0.05) is 60.2 Å². The van der Waals surface area contributed by atoms with Gasteiger partial charge in [0.2, 0.25) is 5.91 Å². The molecular formula is C25H27N3O3S. The van der Waals surface area contributed by atoms with E-state index in [9.17, 15) is 14.7 Å². The van der Waals surface area contributed by atoms with E-state index in [0.29, 0.717) is 25.1 Å². The zero-order chi connectivity index (χ0) is 22.6. The van der Waals surface area contributed by atoms with Gasteiger partial charge in [0.25, 0.3) is 0 Å². The summed E-state index contributed by atoms with van der Waals surface area (Å²) in [5, 5.41) is 15.6. The van der Waals surface area contributed by atoms with E-state index in [2.05, 4.69) is 15.2 Å². The number of amides is 1. The van der Waals surface area contributed by atoms with E-state index >= 15 is 0 Å². The van der Waals surface area contributed by atoms with Crippen molar-refractivity contribution in [2.75, 3.05) is 13.1 Å². The van der Waals surface area contributed by atoms with E-state index in [1.807, 2.05) is 66.9 Å². The van der Waals surface area contributed by atoms with Crippen molar-refractivity contribution in [2.24, 2.45) is 0 Å². The maximum atomic E-state index is 12.8. The van der Waals surface area contributed by atoms with E-state index < -0.39 is 11.5 Å². The van der Waals surface area contributed by atoms with Gasteiger partial charge in [0, 0.05) is 24.0 Å². The van der Waals surface area contributed by atoms with Gasteiger partial charge in [0.05, 0.1) is 12.1 Å². The second-order valence-electron chi connectivity index (χ2n) is 8.42. The van der Waals surface area contributed by atoms with E-state index in [-0.39, 0.29) is 18.9 Å². The second-order valence-corrected chi connectivity index (χ2v) is 9.28. The first-order valence-electron chi connectivity index (χ1n) is 10.8. The zero-order valence-corrected chi connectivity index (χ0v) is 18.9. The van der Waals surface area contributed by atoms with Crippen molar-refractivity contribution in [3.8, 4) is 10.6 Å². The van der Waals surface area contributed by atoms with Crippen molar-refractivity contribution in [2.45, 2.75) is 38.3 Å². The van der Waals surface area contributed by atoms with E-state index in [1.165, 1.54) is 16.9 Å². The Morgan fingerprint density at radius 3 is 2.62 bits per heavy atom. The van der Waals surface area contributed by atoms with Gasteiger partial charge < -0.3 is 10.4 Å². The molecule has 1 amide bonds. The Morgan fingerprint density at radius 1 is 1.16 bits per heavy atom. The molecule has 6 nitrogen and oxygen atoms in total.